The van der Waals surface area contributed by atoms with Gasteiger partial charge in [0.15, 0.2) is 0 Å². The van der Waals surface area contributed by atoms with E-state index < -0.39 is 12.1 Å². The molecule has 0 aliphatic carbocycles. The van der Waals surface area contributed by atoms with Crippen molar-refractivity contribution < 1.29 is 14.0 Å². The van der Waals surface area contributed by atoms with Gasteiger partial charge in [-0.25, -0.2) is 9.18 Å². The summed E-state index contributed by atoms with van der Waals surface area (Å²) in [5, 5.41) is 2.41. The highest BCUT2D eigenvalue weighted by molar-refractivity contribution is 5.86. The van der Waals surface area contributed by atoms with Gasteiger partial charge in [-0.15, -0.1) is 0 Å². The number of nitrogens with one attached hydrogen (secondary N) is 1. The minimum atomic E-state index is -0.704. The number of carbonyl (C=O) groups excluding carboxylic acids is 2. The van der Waals surface area contributed by atoms with Crippen LogP contribution in [-0.4, -0.2) is 35.5 Å². The standard InChI is InChI=1S/C15H20FN3O2/c1-10(18-15(17)21)14(20)19-8-2-3-13(19)9-11-4-6-12(16)7-5-11/h4-7,10,13H,2-3,8-9H2,1H3,(H3,17,18,21). The van der Waals surface area contributed by atoms with E-state index in [1.165, 1.54) is 12.1 Å². The maximum absolute atomic E-state index is 12.9. The highest BCUT2D eigenvalue weighted by Crippen LogP contribution is 2.22. The van der Waals surface area contributed by atoms with E-state index in [-0.39, 0.29) is 17.8 Å². The molecule has 0 bridgehead atoms. The number of amides is 3. The smallest absolute Gasteiger partial charge is 0.312 e. The van der Waals surface area contributed by atoms with Crippen molar-refractivity contribution in [3.05, 3.63) is 35.6 Å². The normalized spacial score (nSPS) is 19.3. The molecule has 3 N–H and O–H groups in total. The Morgan fingerprint density at radius 2 is 2.10 bits per heavy atom. The summed E-state index contributed by atoms with van der Waals surface area (Å²) >= 11 is 0. The fourth-order valence-corrected chi connectivity index (χ4v) is 2.75. The molecule has 5 nitrogen and oxygen atoms in total. The second kappa shape index (κ2) is 6.56. The maximum atomic E-state index is 12.9. The zero-order valence-corrected chi connectivity index (χ0v) is 12.0. The van der Waals surface area contributed by atoms with Gasteiger partial charge in [0, 0.05) is 12.6 Å². The van der Waals surface area contributed by atoms with Gasteiger partial charge in [0.25, 0.3) is 0 Å². The molecule has 3 amide bonds. The van der Waals surface area contributed by atoms with E-state index in [9.17, 15) is 14.0 Å². The number of halogens is 1. The molecule has 6 heteroatoms. The van der Waals surface area contributed by atoms with E-state index in [0.29, 0.717) is 13.0 Å². The van der Waals surface area contributed by atoms with Crippen molar-refractivity contribution in [3.8, 4) is 0 Å². The monoisotopic (exact) mass is 293 g/mol. The van der Waals surface area contributed by atoms with Crippen LogP contribution in [0.5, 0.6) is 0 Å². The van der Waals surface area contributed by atoms with Crippen LogP contribution in [0.3, 0.4) is 0 Å². The number of hydrogen-bond donors (Lipinski definition) is 2. The molecule has 0 aromatic heterocycles. The minimum absolute atomic E-state index is 0.0834. The summed E-state index contributed by atoms with van der Waals surface area (Å²) in [5.41, 5.74) is 6.04. The zero-order chi connectivity index (χ0) is 15.4. The van der Waals surface area contributed by atoms with Crippen LogP contribution in [0.25, 0.3) is 0 Å². The SMILES string of the molecule is CC(NC(N)=O)C(=O)N1CCCC1Cc1ccc(F)cc1. The summed E-state index contributed by atoms with van der Waals surface area (Å²) in [6, 6.07) is 5.08. The first-order valence-electron chi connectivity index (χ1n) is 7.08. The predicted octanol–water partition coefficient (Wildman–Crippen LogP) is 1.42. The molecule has 0 radical (unpaired) electrons. The Morgan fingerprint density at radius 3 is 2.71 bits per heavy atom. The molecular formula is C15H20FN3O2. The van der Waals surface area contributed by atoms with Gasteiger partial charge >= 0.3 is 6.03 Å². The molecule has 1 aliphatic rings. The number of nitrogens with zero attached hydrogens (tertiary/aromatic N) is 1. The summed E-state index contributed by atoms with van der Waals surface area (Å²) in [6.07, 6.45) is 2.53. The lowest BCUT2D eigenvalue weighted by Gasteiger charge is -2.27. The van der Waals surface area contributed by atoms with Crippen LogP contribution in [0.4, 0.5) is 9.18 Å². The van der Waals surface area contributed by atoms with Crippen molar-refractivity contribution in [1.82, 2.24) is 10.2 Å². The van der Waals surface area contributed by atoms with Crippen LogP contribution in [0, 0.1) is 5.82 Å². The molecular weight excluding hydrogens is 273 g/mol. The predicted molar refractivity (Wildman–Crippen MR) is 77.0 cm³/mol. The van der Waals surface area contributed by atoms with E-state index in [1.807, 2.05) is 0 Å². The van der Waals surface area contributed by atoms with Crippen molar-refractivity contribution in [3.63, 3.8) is 0 Å². The number of carbonyl (C=O) groups is 2. The first-order chi connectivity index (χ1) is 9.97. The molecule has 1 aromatic rings. The molecule has 2 rings (SSSR count). The molecule has 1 fully saturated rings. The third kappa shape index (κ3) is 3.93. The van der Waals surface area contributed by atoms with Crippen LogP contribution in [0.2, 0.25) is 0 Å². The Balaban J connectivity index is 2.01. The molecule has 1 aromatic carbocycles. The average Bonchev–Trinajstić information content (AvgIpc) is 2.88. The highest BCUT2D eigenvalue weighted by atomic mass is 19.1. The van der Waals surface area contributed by atoms with Crippen LogP contribution in [0.15, 0.2) is 24.3 Å². The quantitative estimate of drug-likeness (QED) is 0.881. The molecule has 21 heavy (non-hydrogen) atoms. The number of benzene rings is 1. The van der Waals surface area contributed by atoms with Gasteiger partial charge in [0.1, 0.15) is 11.9 Å². The fourth-order valence-electron chi connectivity index (χ4n) is 2.75. The van der Waals surface area contributed by atoms with Crippen LogP contribution in [-0.2, 0) is 11.2 Å². The Hall–Kier alpha value is -2.11. The van der Waals surface area contributed by atoms with Gasteiger partial charge in [0.05, 0.1) is 0 Å². The van der Waals surface area contributed by atoms with Gasteiger partial charge in [-0.05, 0) is 43.9 Å². The number of rotatable bonds is 4. The molecule has 2 unspecified atom stereocenters. The lowest BCUT2D eigenvalue weighted by Crippen LogP contribution is -2.50. The highest BCUT2D eigenvalue weighted by Gasteiger charge is 2.31. The van der Waals surface area contributed by atoms with E-state index in [2.05, 4.69) is 5.32 Å². The number of hydrogen-bond acceptors (Lipinski definition) is 2. The number of urea groups is 1. The number of primary amides is 1. The fraction of sp³-hybridized carbons (Fsp3) is 0.467. The summed E-state index contributed by atoms with van der Waals surface area (Å²) in [4.78, 5) is 25.0. The third-order valence-corrected chi connectivity index (χ3v) is 3.77. The maximum Gasteiger partial charge on any atom is 0.312 e. The van der Waals surface area contributed by atoms with Gasteiger partial charge in [-0.1, -0.05) is 12.1 Å². The second-order valence-electron chi connectivity index (χ2n) is 5.39. The van der Waals surface area contributed by atoms with E-state index in [0.717, 1.165) is 18.4 Å². The summed E-state index contributed by atoms with van der Waals surface area (Å²) in [5.74, 6) is -0.393. The minimum Gasteiger partial charge on any atom is -0.352 e. The van der Waals surface area contributed by atoms with Crippen molar-refractivity contribution in [1.29, 1.82) is 0 Å². The lowest BCUT2D eigenvalue weighted by atomic mass is 10.0. The second-order valence-corrected chi connectivity index (χ2v) is 5.39. The van der Waals surface area contributed by atoms with E-state index in [4.69, 9.17) is 5.73 Å². The Bertz CT molecular complexity index is 518. The molecule has 1 saturated heterocycles. The summed E-state index contributed by atoms with van der Waals surface area (Å²) < 4.78 is 12.9. The number of likely N-dealkylation sites (tertiary alicyclic amines) is 1. The van der Waals surface area contributed by atoms with Crippen molar-refractivity contribution in [2.75, 3.05) is 6.54 Å². The summed E-state index contributed by atoms with van der Waals surface area (Å²) in [7, 11) is 0. The Labute approximate surface area is 123 Å². The van der Waals surface area contributed by atoms with Crippen molar-refractivity contribution in [2.24, 2.45) is 5.73 Å². The van der Waals surface area contributed by atoms with Gasteiger partial charge in [-0.3, -0.25) is 4.79 Å². The van der Waals surface area contributed by atoms with E-state index in [1.54, 1.807) is 24.0 Å². The molecule has 2 atom stereocenters. The largest absolute Gasteiger partial charge is 0.352 e. The Morgan fingerprint density at radius 1 is 1.43 bits per heavy atom. The van der Waals surface area contributed by atoms with E-state index >= 15 is 0 Å². The van der Waals surface area contributed by atoms with Crippen molar-refractivity contribution >= 4 is 11.9 Å². The van der Waals surface area contributed by atoms with Crippen LogP contribution >= 0.6 is 0 Å². The van der Waals surface area contributed by atoms with Gasteiger partial charge in [-0.2, -0.15) is 0 Å². The molecule has 1 aliphatic heterocycles. The first kappa shape index (κ1) is 15.3. The molecule has 1 heterocycles. The third-order valence-electron chi connectivity index (χ3n) is 3.77. The Kier molecular flexibility index (Phi) is 4.77. The molecule has 0 spiro atoms. The molecule has 114 valence electrons. The average molecular weight is 293 g/mol. The topological polar surface area (TPSA) is 75.4 Å². The zero-order valence-electron chi connectivity index (χ0n) is 12.0. The van der Waals surface area contributed by atoms with Crippen LogP contribution < -0.4 is 11.1 Å². The van der Waals surface area contributed by atoms with Crippen molar-refractivity contribution in [2.45, 2.75) is 38.3 Å². The van der Waals surface area contributed by atoms with Crippen LogP contribution in [0.1, 0.15) is 25.3 Å². The number of nitrogens with two attached hydrogens (primary N) is 1. The van der Waals surface area contributed by atoms with Gasteiger partial charge in [0.2, 0.25) is 5.91 Å². The lowest BCUT2D eigenvalue weighted by molar-refractivity contribution is -0.133. The first-order valence-corrected chi connectivity index (χ1v) is 7.08. The molecule has 0 saturated carbocycles. The van der Waals surface area contributed by atoms with Gasteiger partial charge < -0.3 is 16.0 Å². The summed E-state index contributed by atoms with van der Waals surface area (Å²) in [6.45, 7) is 2.30.